The molecular weight excluding hydrogens is 284 g/mol. The molecule has 0 N–H and O–H groups in total. The minimum atomic E-state index is 1.02. The first-order chi connectivity index (χ1) is 9.86. The van der Waals surface area contributed by atoms with E-state index in [9.17, 15) is 0 Å². The predicted octanol–water partition coefficient (Wildman–Crippen LogP) is 5.22. The molecule has 0 saturated heterocycles. The Kier molecular flexibility index (Phi) is 4.23. The Balaban J connectivity index is 1.86. The minimum absolute atomic E-state index is 1.02. The number of aromatic nitrogens is 1. The van der Waals surface area contributed by atoms with Crippen molar-refractivity contribution in [1.29, 1.82) is 0 Å². The molecule has 2 aromatic carbocycles. The normalized spacial score (nSPS) is 10.8. The Morgan fingerprint density at radius 3 is 2.55 bits per heavy atom. The van der Waals surface area contributed by atoms with Crippen LogP contribution in [0.5, 0.6) is 0 Å². The highest BCUT2D eigenvalue weighted by Crippen LogP contribution is 2.34. The van der Waals surface area contributed by atoms with E-state index in [0.717, 1.165) is 22.8 Å². The third-order valence-electron chi connectivity index (χ3n) is 2.93. The molecule has 0 radical (unpaired) electrons. The van der Waals surface area contributed by atoms with Crippen LogP contribution in [0.2, 0.25) is 0 Å². The molecule has 2 nitrogen and oxygen atoms in total. The zero-order valence-corrected chi connectivity index (χ0v) is 13.0. The summed E-state index contributed by atoms with van der Waals surface area (Å²) < 4.78 is 4.67. The standard InChI is InChI=1S/C16H16N2S2/c1-2-12-18(13-8-4-3-5-9-13)20-16-17-14-10-6-7-11-15(14)19-16/h3-11H,2,12H2,1H3. The highest BCUT2D eigenvalue weighted by Gasteiger charge is 2.11. The molecule has 3 rings (SSSR count). The molecule has 1 heterocycles. The van der Waals surface area contributed by atoms with Gasteiger partial charge in [0.2, 0.25) is 0 Å². The second kappa shape index (κ2) is 6.29. The number of anilines is 1. The summed E-state index contributed by atoms with van der Waals surface area (Å²) in [4.78, 5) is 4.70. The number of rotatable bonds is 5. The second-order valence-corrected chi connectivity index (χ2v) is 6.78. The van der Waals surface area contributed by atoms with E-state index in [4.69, 9.17) is 4.98 Å². The third kappa shape index (κ3) is 2.97. The summed E-state index contributed by atoms with van der Waals surface area (Å²) in [5, 5.41) is 0. The van der Waals surface area contributed by atoms with Gasteiger partial charge < -0.3 is 4.31 Å². The molecule has 0 bridgehead atoms. The van der Waals surface area contributed by atoms with E-state index in [-0.39, 0.29) is 0 Å². The average molecular weight is 300 g/mol. The molecule has 0 amide bonds. The lowest BCUT2D eigenvalue weighted by atomic mass is 10.3. The van der Waals surface area contributed by atoms with Crippen LogP contribution >= 0.6 is 23.3 Å². The van der Waals surface area contributed by atoms with Crippen LogP contribution < -0.4 is 4.31 Å². The number of para-hydroxylation sites is 2. The molecule has 0 aliphatic heterocycles. The molecule has 0 saturated carbocycles. The molecule has 3 aromatic rings. The first kappa shape index (κ1) is 13.5. The van der Waals surface area contributed by atoms with Crippen LogP contribution in [0.3, 0.4) is 0 Å². The van der Waals surface area contributed by atoms with Gasteiger partial charge in [0.25, 0.3) is 0 Å². The average Bonchev–Trinajstić information content (AvgIpc) is 2.90. The highest BCUT2D eigenvalue weighted by molar-refractivity contribution is 8.02. The quantitative estimate of drug-likeness (QED) is 0.601. The van der Waals surface area contributed by atoms with E-state index >= 15 is 0 Å². The molecule has 1 aromatic heterocycles. The van der Waals surface area contributed by atoms with Crippen molar-refractivity contribution in [3.63, 3.8) is 0 Å². The van der Waals surface area contributed by atoms with Crippen LogP contribution in [-0.4, -0.2) is 11.5 Å². The summed E-state index contributed by atoms with van der Waals surface area (Å²) in [6, 6.07) is 18.8. The topological polar surface area (TPSA) is 16.1 Å². The van der Waals surface area contributed by atoms with Crippen molar-refractivity contribution in [1.82, 2.24) is 4.98 Å². The van der Waals surface area contributed by atoms with E-state index in [1.165, 1.54) is 10.4 Å². The van der Waals surface area contributed by atoms with E-state index in [1.807, 2.05) is 6.07 Å². The molecule has 0 fully saturated rings. The summed E-state index contributed by atoms with van der Waals surface area (Å²) in [5.41, 5.74) is 2.32. The SMILES string of the molecule is CCCN(Sc1nc2ccccc2s1)c1ccccc1. The number of hydrogen-bond acceptors (Lipinski definition) is 4. The summed E-state index contributed by atoms with van der Waals surface area (Å²) in [5.74, 6) is 0. The van der Waals surface area contributed by atoms with Crippen molar-refractivity contribution in [3.8, 4) is 0 Å². The fraction of sp³-hybridized carbons (Fsp3) is 0.188. The van der Waals surface area contributed by atoms with Crippen LogP contribution in [-0.2, 0) is 0 Å². The second-order valence-electron chi connectivity index (χ2n) is 4.48. The Bertz CT molecular complexity index is 646. The molecular formula is C16H16N2S2. The number of hydrogen-bond donors (Lipinski definition) is 0. The number of benzene rings is 2. The van der Waals surface area contributed by atoms with Crippen molar-refractivity contribution in [2.24, 2.45) is 0 Å². The maximum atomic E-state index is 4.70. The van der Waals surface area contributed by atoms with Crippen molar-refractivity contribution in [2.75, 3.05) is 10.8 Å². The molecule has 20 heavy (non-hydrogen) atoms. The summed E-state index contributed by atoms with van der Waals surface area (Å²) in [6.45, 7) is 3.22. The maximum absolute atomic E-state index is 4.70. The number of thiazole rings is 1. The summed E-state index contributed by atoms with van der Waals surface area (Å²) in [7, 11) is 0. The largest absolute Gasteiger partial charge is 0.310 e. The predicted molar refractivity (Wildman–Crippen MR) is 89.6 cm³/mol. The van der Waals surface area contributed by atoms with Crippen molar-refractivity contribution < 1.29 is 0 Å². The van der Waals surface area contributed by atoms with E-state index in [1.54, 1.807) is 23.3 Å². The zero-order valence-electron chi connectivity index (χ0n) is 11.3. The van der Waals surface area contributed by atoms with Crippen molar-refractivity contribution >= 4 is 39.2 Å². The van der Waals surface area contributed by atoms with Gasteiger partial charge in [0, 0.05) is 24.2 Å². The Morgan fingerprint density at radius 1 is 1.05 bits per heavy atom. The van der Waals surface area contributed by atoms with Gasteiger partial charge in [0.05, 0.1) is 10.2 Å². The van der Waals surface area contributed by atoms with Gasteiger partial charge >= 0.3 is 0 Å². The maximum Gasteiger partial charge on any atom is 0.171 e. The lowest BCUT2D eigenvalue weighted by Gasteiger charge is -2.21. The van der Waals surface area contributed by atoms with Crippen LogP contribution in [0.1, 0.15) is 13.3 Å². The molecule has 0 atom stereocenters. The zero-order chi connectivity index (χ0) is 13.8. The third-order valence-corrected chi connectivity index (χ3v) is 5.10. The highest BCUT2D eigenvalue weighted by atomic mass is 32.2. The van der Waals surface area contributed by atoms with E-state index < -0.39 is 0 Å². The van der Waals surface area contributed by atoms with Crippen LogP contribution in [0.15, 0.2) is 58.9 Å². The van der Waals surface area contributed by atoms with Crippen LogP contribution in [0.25, 0.3) is 10.2 Å². The lowest BCUT2D eigenvalue weighted by Crippen LogP contribution is -2.14. The number of fused-ring (bicyclic) bond motifs is 1. The van der Waals surface area contributed by atoms with Crippen LogP contribution in [0, 0.1) is 0 Å². The van der Waals surface area contributed by atoms with Gasteiger partial charge in [-0.05, 0) is 30.7 Å². The first-order valence-corrected chi connectivity index (χ1v) is 8.32. The van der Waals surface area contributed by atoms with Crippen LogP contribution in [0.4, 0.5) is 5.69 Å². The van der Waals surface area contributed by atoms with E-state index in [0.29, 0.717) is 0 Å². The Labute approximate surface area is 127 Å². The summed E-state index contributed by atoms with van der Waals surface area (Å²) in [6.07, 6.45) is 1.12. The molecule has 0 aliphatic carbocycles. The molecule has 0 unspecified atom stereocenters. The van der Waals surface area contributed by atoms with Gasteiger partial charge in [-0.2, -0.15) is 0 Å². The first-order valence-electron chi connectivity index (χ1n) is 6.73. The molecule has 0 spiro atoms. The smallest absolute Gasteiger partial charge is 0.171 e. The fourth-order valence-corrected chi connectivity index (χ4v) is 4.22. The molecule has 4 heteroatoms. The number of nitrogens with zero attached hydrogens (tertiary/aromatic N) is 2. The summed E-state index contributed by atoms with van der Waals surface area (Å²) >= 11 is 3.49. The fourth-order valence-electron chi connectivity index (χ4n) is 2.01. The van der Waals surface area contributed by atoms with Gasteiger partial charge in [-0.3, -0.25) is 0 Å². The Morgan fingerprint density at radius 2 is 1.80 bits per heavy atom. The van der Waals surface area contributed by atoms with Crippen molar-refractivity contribution in [2.45, 2.75) is 17.7 Å². The minimum Gasteiger partial charge on any atom is -0.310 e. The van der Waals surface area contributed by atoms with Gasteiger partial charge in [-0.15, -0.1) is 11.3 Å². The van der Waals surface area contributed by atoms with Crippen molar-refractivity contribution in [3.05, 3.63) is 54.6 Å². The van der Waals surface area contributed by atoms with E-state index in [2.05, 4.69) is 59.8 Å². The monoisotopic (exact) mass is 300 g/mol. The van der Waals surface area contributed by atoms with Gasteiger partial charge in [0.15, 0.2) is 4.34 Å². The van der Waals surface area contributed by atoms with Gasteiger partial charge in [-0.1, -0.05) is 37.3 Å². The lowest BCUT2D eigenvalue weighted by molar-refractivity contribution is 0.929. The molecule has 102 valence electrons. The van der Waals surface area contributed by atoms with Gasteiger partial charge in [-0.25, -0.2) is 4.98 Å². The molecule has 0 aliphatic rings. The Hall–Kier alpha value is -1.52. The van der Waals surface area contributed by atoms with Gasteiger partial charge in [0.1, 0.15) is 0 Å².